The molecule has 0 saturated carbocycles. The Balaban J connectivity index is 1.49. The summed E-state index contributed by atoms with van der Waals surface area (Å²) in [4.78, 5) is 12.8. The second-order valence-electron chi connectivity index (χ2n) is 6.30. The summed E-state index contributed by atoms with van der Waals surface area (Å²) >= 11 is 0. The van der Waals surface area contributed by atoms with Gasteiger partial charge in [0.15, 0.2) is 0 Å². The summed E-state index contributed by atoms with van der Waals surface area (Å²) in [6.07, 6.45) is 0.665. The predicted molar refractivity (Wildman–Crippen MR) is 90.1 cm³/mol. The number of benzene rings is 1. The van der Waals surface area contributed by atoms with Gasteiger partial charge in [0.05, 0.1) is 30.5 Å². The van der Waals surface area contributed by atoms with Gasteiger partial charge in [0.2, 0.25) is 5.82 Å². The maximum atomic E-state index is 12.8. The van der Waals surface area contributed by atoms with Crippen LogP contribution in [0.25, 0.3) is 11.4 Å². The first-order valence-corrected chi connectivity index (χ1v) is 8.34. The van der Waals surface area contributed by atoms with Crippen molar-refractivity contribution >= 4 is 5.91 Å². The molecule has 9 nitrogen and oxygen atoms in total. The third-order valence-electron chi connectivity index (χ3n) is 4.41. The summed E-state index contributed by atoms with van der Waals surface area (Å²) in [6, 6.07) is 8.97. The van der Waals surface area contributed by atoms with Gasteiger partial charge in [-0.05, 0) is 18.2 Å². The molecule has 3 aromatic rings. The van der Waals surface area contributed by atoms with Gasteiger partial charge in [-0.25, -0.2) is 0 Å². The Morgan fingerprint density at radius 1 is 1.35 bits per heavy atom. The van der Waals surface area contributed by atoms with Gasteiger partial charge in [0.25, 0.3) is 5.91 Å². The van der Waals surface area contributed by atoms with Crippen LogP contribution in [0.2, 0.25) is 0 Å². The summed E-state index contributed by atoms with van der Waals surface area (Å²) in [7, 11) is 0. The lowest BCUT2D eigenvalue weighted by Crippen LogP contribution is -2.40. The zero-order chi connectivity index (χ0) is 17.9. The van der Waals surface area contributed by atoms with Crippen LogP contribution in [0.15, 0.2) is 34.9 Å². The Morgan fingerprint density at radius 3 is 3.00 bits per heavy atom. The van der Waals surface area contributed by atoms with Crippen molar-refractivity contribution in [3.05, 3.63) is 47.3 Å². The SMILES string of the molecule is Cc1cc(C[C@@H]2COC[C@@H]2NC(=O)c2ccccc2-c2nn[nH]n2)on1. The van der Waals surface area contributed by atoms with E-state index in [1.54, 1.807) is 18.2 Å². The summed E-state index contributed by atoms with van der Waals surface area (Å²) < 4.78 is 10.9. The van der Waals surface area contributed by atoms with E-state index < -0.39 is 0 Å². The molecule has 0 bridgehead atoms. The molecule has 1 aromatic carbocycles. The standard InChI is InChI=1S/C17H18N6O3/c1-10-6-12(26-21-10)7-11-8-25-9-15(11)18-17(24)14-5-3-2-4-13(14)16-19-22-23-20-16/h2-6,11,15H,7-9H2,1H3,(H,18,24)(H,19,20,22,23)/t11-,15+/m1/s1. The number of rotatable bonds is 5. The summed E-state index contributed by atoms with van der Waals surface area (Å²) in [6.45, 7) is 2.91. The molecule has 0 unspecified atom stereocenters. The van der Waals surface area contributed by atoms with Crippen LogP contribution in [0.5, 0.6) is 0 Å². The van der Waals surface area contributed by atoms with Crippen LogP contribution < -0.4 is 5.32 Å². The average Bonchev–Trinajstić information content (AvgIpc) is 3.39. The van der Waals surface area contributed by atoms with Crippen molar-refractivity contribution in [3.63, 3.8) is 0 Å². The number of aryl methyl sites for hydroxylation is 1. The third kappa shape index (κ3) is 3.33. The molecule has 0 aliphatic carbocycles. The van der Waals surface area contributed by atoms with Crippen LogP contribution in [-0.2, 0) is 11.2 Å². The summed E-state index contributed by atoms with van der Waals surface area (Å²) in [5, 5.41) is 20.9. The number of nitrogens with zero attached hydrogens (tertiary/aromatic N) is 4. The minimum Gasteiger partial charge on any atom is -0.379 e. The fourth-order valence-electron chi connectivity index (χ4n) is 3.13. The smallest absolute Gasteiger partial charge is 0.252 e. The molecule has 1 saturated heterocycles. The Morgan fingerprint density at radius 2 is 2.23 bits per heavy atom. The van der Waals surface area contributed by atoms with E-state index in [1.807, 2.05) is 19.1 Å². The second kappa shape index (κ2) is 7.04. The molecule has 1 aliphatic heterocycles. The molecule has 2 N–H and O–H groups in total. The quantitative estimate of drug-likeness (QED) is 0.705. The number of aromatic nitrogens is 5. The number of hydrogen-bond donors (Lipinski definition) is 2. The first kappa shape index (κ1) is 16.4. The van der Waals surface area contributed by atoms with Crippen LogP contribution in [0.4, 0.5) is 0 Å². The monoisotopic (exact) mass is 354 g/mol. The zero-order valence-electron chi connectivity index (χ0n) is 14.2. The van der Waals surface area contributed by atoms with Crippen molar-refractivity contribution in [2.75, 3.05) is 13.2 Å². The number of nitrogens with one attached hydrogen (secondary N) is 2. The lowest BCUT2D eigenvalue weighted by molar-refractivity contribution is 0.0925. The van der Waals surface area contributed by atoms with Crippen LogP contribution >= 0.6 is 0 Å². The molecule has 2 aromatic heterocycles. The Bertz CT molecular complexity index is 892. The lowest BCUT2D eigenvalue weighted by atomic mass is 9.97. The highest BCUT2D eigenvalue weighted by Crippen LogP contribution is 2.22. The normalized spacial score (nSPS) is 19.6. The van der Waals surface area contributed by atoms with E-state index in [-0.39, 0.29) is 17.9 Å². The van der Waals surface area contributed by atoms with Gasteiger partial charge in [0, 0.05) is 24.0 Å². The van der Waals surface area contributed by atoms with Crippen LogP contribution in [-0.4, -0.2) is 50.9 Å². The number of carbonyl (C=O) groups is 1. The van der Waals surface area contributed by atoms with Gasteiger partial charge >= 0.3 is 0 Å². The number of tetrazole rings is 1. The molecule has 0 spiro atoms. The number of aromatic amines is 1. The first-order valence-electron chi connectivity index (χ1n) is 8.34. The Labute approximate surface area is 149 Å². The number of ether oxygens (including phenoxy) is 1. The molecule has 9 heteroatoms. The topological polar surface area (TPSA) is 119 Å². The Hall–Kier alpha value is -3.07. The van der Waals surface area contributed by atoms with E-state index in [1.165, 1.54) is 0 Å². The highest BCUT2D eigenvalue weighted by atomic mass is 16.5. The molecule has 2 atom stereocenters. The predicted octanol–water partition coefficient (Wildman–Crippen LogP) is 1.15. The van der Waals surface area contributed by atoms with E-state index in [4.69, 9.17) is 9.26 Å². The fourth-order valence-corrected chi connectivity index (χ4v) is 3.13. The van der Waals surface area contributed by atoms with E-state index in [0.29, 0.717) is 36.6 Å². The van der Waals surface area contributed by atoms with Crippen molar-refractivity contribution < 1.29 is 14.1 Å². The van der Waals surface area contributed by atoms with Crippen molar-refractivity contribution in [1.29, 1.82) is 0 Å². The maximum Gasteiger partial charge on any atom is 0.252 e. The number of carbonyl (C=O) groups excluding carboxylic acids is 1. The van der Waals surface area contributed by atoms with Crippen LogP contribution in [0, 0.1) is 12.8 Å². The molecule has 1 fully saturated rings. The molecule has 3 heterocycles. The zero-order valence-corrected chi connectivity index (χ0v) is 14.2. The average molecular weight is 354 g/mol. The minimum absolute atomic E-state index is 0.105. The van der Waals surface area contributed by atoms with Crippen molar-refractivity contribution in [2.24, 2.45) is 5.92 Å². The van der Waals surface area contributed by atoms with Gasteiger partial charge in [-0.1, -0.05) is 23.4 Å². The molecule has 4 rings (SSSR count). The highest BCUT2D eigenvalue weighted by Gasteiger charge is 2.31. The molecular formula is C17H18N6O3. The maximum absolute atomic E-state index is 12.8. The molecule has 1 aliphatic rings. The van der Waals surface area contributed by atoms with Gasteiger partial charge < -0.3 is 14.6 Å². The molecular weight excluding hydrogens is 336 g/mol. The second-order valence-corrected chi connectivity index (χ2v) is 6.30. The fraction of sp³-hybridized carbons (Fsp3) is 0.353. The largest absolute Gasteiger partial charge is 0.379 e. The van der Waals surface area contributed by atoms with Crippen molar-refractivity contribution in [3.8, 4) is 11.4 Å². The van der Waals surface area contributed by atoms with Crippen molar-refractivity contribution in [1.82, 2.24) is 31.1 Å². The van der Waals surface area contributed by atoms with Gasteiger partial charge in [-0.2, -0.15) is 5.21 Å². The number of H-pyrrole nitrogens is 1. The van der Waals surface area contributed by atoms with Gasteiger partial charge in [0.1, 0.15) is 5.76 Å². The molecule has 0 radical (unpaired) electrons. The first-order chi connectivity index (χ1) is 12.7. The van der Waals surface area contributed by atoms with E-state index in [0.717, 1.165) is 11.5 Å². The third-order valence-corrected chi connectivity index (χ3v) is 4.41. The summed E-state index contributed by atoms with van der Waals surface area (Å²) in [5.41, 5.74) is 1.96. The minimum atomic E-state index is -0.195. The Kier molecular flexibility index (Phi) is 4.44. The summed E-state index contributed by atoms with van der Waals surface area (Å²) in [5.74, 6) is 1.11. The van der Waals surface area contributed by atoms with Gasteiger partial charge in [-0.3, -0.25) is 4.79 Å². The van der Waals surface area contributed by atoms with Crippen molar-refractivity contribution in [2.45, 2.75) is 19.4 Å². The van der Waals surface area contributed by atoms with Crippen LogP contribution in [0.3, 0.4) is 0 Å². The van der Waals surface area contributed by atoms with Crippen LogP contribution in [0.1, 0.15) is 21.8 Å². The number of amides is 1. The van der Waals surface area contributed by atoms with E-state index >= 15 is 0 Å². The molecule has 26 heavy (non-hydrogen) atoms. The van der Waals surface area contributed by atoms with E-state index in [2.05, 4.69) is 31.1 Å². The highest BCUT2D eigenvalue weighted by molar-refractivity contribution is 6.00. The molecule has 1 amide bonds. The van der Waals surface area contributed by atoms with Gasteiger partial charge in [-0.15, -0.1) is 10.2 Å². The van der Waals surface area contributed by atoms with E-state index in [9.17, 15) is 4.79 Å². The number of hydrogen-bond acceptors (Lipinski definition) is 7. The molecule has 134 valence electrons. The lowest BCUT2D eigenvalue weighted by Gasteiger charge is -2.18.